The predicted molar refractivity (Wildman–Crippen MR) is 110 cm³/mol. The van der Waals surface area contributed by atoms with E-state index < -0.39 is 12.3 Å². The molecule has 2 aliphatic rings. The van der Waals surface area contributed by atoms with E-state index in [9.17, 15) is 13.2 Å². The van der Waals surface area contributed by atoms with Crippen LogP contribution >= 0.6 is 0 Å². The van der Waals surface area contributed by atoms with Gasteiger partial charge in [0.1, 0.15) is 0 Å². The van der Waals surface area contributed by atoms with Crippen LogP contribution in [-0.4, -0.2) is 18.9 Å². The summed E-state index contributed by atoms with van der Waals surface area (Å²) in [6, 6.07) is 0. The molecule has 2 rings (SSSR count). The molecule has 0 N–H and O–H groups in total. The molecule has 0 amide bonds. The predicted octanol–water partition coefficient (Wildman–Crippen LogP) is 8.46. The Hall–Kier alpha value is -0.250. The van der Waals surface area contributed by atoms with Crippen LogP contribution in [0.4, 0.5) is 13.2 Å². The van der Waals surface area contributed by atoms with Crippen molar-refractivity contribution in [1.82, 2.24) is 0 Å². The number of hydrogen-bond acceptors (Lipinski definition) is 1. The van der Waals surface area contributed by atoms with Gasteiger partial charge < -0.3 is 4.74 Å². The maximum atomic E-state index is 13.2. The first-order valence-corrected chi connectivity index (χ1v) is 12.2. The van der Waals surface area contributed by atoms with Crippen LogP contribution < -0.4 is 0 Å². The fraction of sp³-hybridized carbons (Fsp3) is 1.00. The van der Waals surface area contributed by atoms with E-state index in [-0.39, 0.29) is 13.0 Å². The fourth-order valence-corrected chi connectivity index (χ4v) is 5.42. The van der Waals surface area contributed by atoms with Crippen molar-refractivity contribution in [3.05, 3.63) is 0 Å². The lowest BCUT2D eigenvalue weighted by molar-refractivity contribution is -0.222. The van der Waals surface area contributed by atoms with Gasteiger partial charge in [-0.1, -0.05) is 90.4 Å². The van der Waals surface area contributed by atoms with Crippen LogP contribution in [0.15, 0.2) is 0 Å². The summed E-state index contributed by atoms with van der Waals surface area (Å²) in [7, 11) is 0. The Labute approximate surface area is 171 Å². The van der Waals surface area contributed by atoms with Crippen molar-refractivity contribution < 1.29 is 17.9 Å². The minimum absolute atomic E-state index is 0.140. The number of halogens is 3. The third-order valence-electron chi connectivity index (χ3n) is 7.22. The molecular weight excluding hydrogens is 361 g/mol. The molecule has 1 unspecified atom stereocenters. The topological polar surface area (TPSA) is 9.23 Å². The normalized spacial score (nSPS) is 25.7. The molecule has 0 aromatic heterocycles. The fourth-order valence-electron chi connectivity index (χ4n) is 5.42. The highest BCUT2D eigenvalue weighted by atomic mass is 19.4. The van der Waals surface area contributed by atoms with Gasteiger partial charge in [-0.3, -0.25) is 0 Å². The first-order valence-electron chi connectivity index (χ1n) is 12.2. The Morgan fingerprint density at radius 1 is 0.786 bits per heavy atom. The lowest BCUT2D eigenvalue weighted by Crippen LogP contribution is -2.32. The minimum atomic E-state index is -4.22. The molecule has 28 heavy (non-hydrogen) atoms. The Bertz CT molecular complexity index is 382. The third kappa shape index (κ3) is 9.05. The zero-order valence-electron chi connectivity index (χ0n) is 18.1. The van der Waals surface area contributed by atoms with Crippen molar-refractivity contribution in [2.75, 3.05) is 6.61 Å². The van der Waals surface area contributed by atoms with E-state index in [0.717, 1.165) is 50.4 Å². The molecule has 0 aliphatic heterocycles. The van der Waals surface area contributed by atoms with E-state index in [2.05, 4.69) is 6.92 Å². The maximum Gasteiger partial charge on any atom is 0.414 e. The van der Waals surface area contributed by atoms with Crippen LogP contribution in [0.2, 0.25) is 0 Å². The summed E-state index contributed by atoms with van der Waals surface area (Å²) in [4.78, 5) is 0. The second-order valence-electron chi connectivity index (χ2n) is 9.43. The van der Waals surface area contributed by atoms with E-state index in [1.165, 1.54) is 57.8 Å². The Morgan fingerprint density at radius 3 is 2.07 bits per heavy atom. The average molecular weight is 405 g/mol. The van der Waals surface area contributed by atoms with Gasteiger partial charge in [0.05, 0.1) is 0 Å². The summed E-state index contributed by atoms with van der Waals surface area (Å²) in [5.74, 6) is 2.48. The van der Waals surface area contributed by atoms with Crippen molar-refractivity contribution in [2.45, 2.75) is 128 Å². The van der Waals surface area contributed by atoms with Crippen molar-refractivity contribution in [3.63, 3.8) is 0 Å². The van der Waals surface area contributed by atoms with Gasteiger partial charge in [0.2, 0.25) is 0 Å². The molecule has 0 radical (unpaired) electrons. The summed E-state index contributed by atoms with van der Waals surface area (Å²) in [5, 5.41) is 0. The number of unbranched alkanes of at least 4 members (excludes halogenated alkanes) is 4. The molecule has 1 atom stereocenters. The van der Waals surface area contributed by atoms with Gasteiger partial charge in [-0.2, -0.15) is 13.2 Å². The second kappa shape index (κ2) is 13.1. The molecule has 166 valence electrons. The summed E-state index contributed by atoms with van der Waals surface area (Å²) in [6.45, 7) is 2.39. The molecule has 0 saturated heterocycles. The van der Waals surface area contributed by atoms with Gasteiger partial charge in [-0.25, -0.2) is 0 Å². The number of hydrogen-bond donors (Lipinski definition) is 0. The van der Waals surface area contributed by atoms with Gasteiger partial charge in [0.25, 0.3) is 0 Å². The van der Waals surface area contributed by atoms with Gasteiger partial charge in [0.15, 0.2) is 6.10 Å². The van der Waals surface area contributed by atoms with Crippen LogP contribution in [0.1, 0.15) is 116 Å². The van der Waals surface area contributed by atoms with E-state index in [1.807, 2.05) is 0 Å². The molecular formula is C24H43F3O. The van der Waals surface area contributed by atoms with Gasteiger partial charge in [0, 0.05) is 6.61 Å². The molecule has 0 bridgehead atoms. The van der Waals surface area contributed by atoms with Crippen molar-refractivity contribution in [3.8, 4) is 0 Å². The van der Waals surface area contributed by atoms with E-state index in [0.29, 0.717) is 12.3 Å². The molecule has 2 aliphatic carbocycles. The number of ether oxygens (including phenoxy) is 1. The number of rotatable bonds is 12. The number of alkyl halides is 3. The Morgan fingerprint density at radius 2 is 1.43 bits per heavy atom. The van der Waals surface area contributed by atoms with Crippen LogP contribution in [0, 0.1) is 17.8 Å². The quantitative estimate of drug-likeness (QED) is 0.296. The average Bonchev–Trinajstić information content (AvgIpc) is 2.69. The molecule has 4 heteroatoms. The molecule has 1 nitrogen and oxygen atoms in total. The monoisotopic (exact) mass is 404 g/mol. The maximum absolute atomic E-state index is 13.2. The molecule has 0 aromatic rings. The highest BCUT2D eigenvalue weighted by Crippen LogP contribution is 2.41. The van der Waals surface area contributed by atoms with E-state index in [1.54, 1.807) is 0 Å². The third-order valence-corrected chi connectivity index (χ3v) is 7.22. The minimum Gasteiger partial charge on any atom is -0.369 e. The van der Waals surface area contributed by atoms with Crippen LogP contribution in [0.25, 0.3) is 0 Å². The molecule has 0 heterocycles. The smallest absolute Gasteiger partial charge is 0.369 e. The van der Waals surface area contributed by atoms with Crippen molar-refractivity contribution in [1.29, 1.82) is 0 Å². The molecule has 0 aromatic carbocycles. The largest absolute Gasteiger partial charge is 0.414 e. The van der Waals surface area contributed by atoms with Crippen LogP contribution in [0.5, 0.6) is 0 Å². The first-order chi connectivity index (χ1) is 13.5. The van der Waals surface area contributed by atoms with E-state index in [4.69, 9.17) is 4.74 Å². The lowest BCUT2D eigenvalue weighted by atomic mass is 9.70. The summed E-state index contributed by atoms with van der Waals surface area (Å²) in [5.41, 5.74) is 0. The van der Waals surface area contributed by atoms with Crippen molar-refractivity contribution in [2.24, 2.45) is 17.8 Å². The second-order valence-corrected chi connectivity index (χ2v) is 9.43. The van der Waals surface area contributed by atoms with E-state index >= 15 is 0 Å². The molecule has 2 fully saturated rings. The van der Waals surface area contributed by atoms with Crippen molar-refractivity contribution >= 4 is 0 Å². The zero-order valence-corrected chi connectivity index (χ0v) is 18.1. The molecule has 0 spiro atoms. The molecule has 2 saturated carbocycles. The SMILES string of the molecule is CCCCCCCOC(CCC[C@H]1CC[C@H](C2CCCCC2)CC1)C(F)(F)F. The van der Waals surface area contributed by atoms with Gasteiger partial charge in [-0.15, -0.1) is 0 Å². The first kappa shape index (κ1) is 24.0. The summed E-state index contributed by atoms with van der Waals surface area (Å²) in [6.07, 6.45) is 13.2. The zero-order chi connectivity index (χ0) is 20.2. The standard InChI is InChI=1S/C24H43F3O/c1-2-3-4-5-9-19-28-23(24(25,26)27)14-10-11-20-15-17-22(18-16-20)21-12-7-6-8-13-21/h20-23H,2-19H2,1H3/t20-,22-,23?. The Kier molecular flexibility index (Phi) is 11.3. The highest BCUT2D eigenvalue weighted by molar-refractivity contribution is 4.80. The van der Waals surface area contributed by atoms with Crippen LogP contribution in [-0.2, 0) is 4.74 Å². The summed E-state index contributed by atoms with van der Waals surface area (Å²) >= 11 is 0. The van der Waals surface area contributed by atoms with Crippen LogP contribution in [0.3, 0.4) is 0 Å². The summed E-state index contributed by atoms with van der Waals surface area (Å²) < 4.78 is 45.0. The van der Waals surface area contributed by atoms with Gasteiger partial charge in [-0.05, 0) is 43.4 Å². The van der Waals surface area contributed by atoms with Gasteiger partial charge >= 0.3 is 6.18 Å². The Balaban J connectivity index is 1.59. The lowest BCUT2D eigenvalue weighted by Gasteiger charge is -2.36. The highest BCUT2D eigenvalue weighted by Gasteiger charge is 2.40.